The van der Waals surface area contributed by atoms with Gasteiger partial charge in [0.25, 0.3) is 0 Å². The van der Waals surface area contributed by atoms with Crippen molar-refractivity contribution in [2.45, 2.75) is 6.54 Å². The molecule has 2 N–H and O–H groups in total. The minimum Gasteiger partial charge on any atom is -0.399 e. The molecule has 0 aliphatic carbocycles. The van der Waals surface area contributed by atoms with Crippen LogP contribution in [0.2, 0.25) is 5.02 Å². The van der Waals surface area contributed by atoms with E-state index in [9.17, 15) is 0 Å². The summed E-state index contributed by atoms with van der Waals surface area (Å²) in [6.45, 7) is 5.10. The summed E-state index contributed by atoms with van der Waals surface area (Å²) in [5.41, 5.74) is 9.01. The second-order valence-electron chi connectivity index (χ2n) is 5.45. The molecule has 110 valence electrons. The first-order chi connectivity index (χ1) is 10.2. The maximum absolute atomic E-state index is 6.23. The lowest BCUT2D eigenvalue weighted by molar-refractivity contribution is 0.250. The van der Waals surface area contributed by atoms with Gasteiger partial charge >= 0.3 is 0 Å². The maximum Gasteiger partial charge on any atom is 0.0451 e. The normalized spacial score (nSPS) is 16.1. The Morgan fingerprint density at radius 1 is 0.905 bits per heavy atom. The van der Waals surface area contributed by atoms with Gasteiger partial charge in [0.1, 0.15) is 0 Å². The van der Waals surface area contributed by atoms with Crippen LogP contribution in [0, 0.1) is 0 Å². The highest BCUT2D eigenvalue weighted by Crippen LogP contribution is 2.21. The van der Waals surface area contributed by atoms with Crippen molar-refractivity contribution < 1.29 is 0 Å². The van der Waals surface area contributed by atoms with Crippen LogP contribution < -0.4 is 10.6 Å². The molecule has 1 heterocycles. The van der Waals surface area contributed by atoms with Crippen LogP contribution in [-0.2, 0) is 6.54 Å². The molecule has 0 saturated carbocycles. The van der Waals surface area contributed by atoms with Gasteiger partial charge in [-0.25, -0.2) is 0 Å². The van der Waals surface area contributed by atoms with Gasteiger partial charge in [0.2, 0.25) is 0 Å². The van der Waals surface area contributed by atoms with E-state index in [-0.39, 0.29) is 0 Å². The van der Waals surface area contributed by atoms with Crippen molar-refractivity contribution in [3.63, 3.8) is 0 Å². The van der Waals surface area contributed by atoms with Gasteiger partial charge in [-0.15, -0.1) is 0 Å². The number of nitrogens with zero attached hydrogens (tertiary/aromatic N) is 2. The second kappa shape index (κ2) is 6.37. The van der Waals surface area contributed by atoms with E-state index in [0.717, 1.165) is 43.4 Å². The van der Waals surface area contributed by atoms with Crippen molar-refractivity contribution in [1.29, 1.82) is 0 Å². The zero-order valence-electron chi connectivity index (χ0n) is 12.0. The van der Waals surface area contributed by atoms with Gasteiger partial charge < -0.3 is 10.6 Å². The molecule has 0 unspecified atom stereocenters. The highest BCUT2D eigenvalue weighted by Gasteiger charge is 2.17. The first-order valence-corrected chi connectivity index (χ1v) is 7.66. The average molecular weight is 302 g/mol. The Morgan fingerprint density at radius 3 is 2.24 bits per heavy atom. The smallest absolute Gasteiger partial charge is 0.0451 e. The summed E-state index contributed by atoms with van der Waals surface area (Å²) < 4.78 is 0. The van der Waals surface area contributed by atoms with E-state index in [1.54, 1.807) is 0 Å². The molecular weight excluding hydrogens is 282 g/mol. The van der Waals surface area contributed by atoms with Crippen molar-refractivity contribution >= 4 is 23.0 Å². The molecule has 2 aromatic carbocycles. The third kappa shape index (κ3) is 3.49. The molecule has 2 aromatic rings. The Hall–Kier alpha value is -1.71. The number of halogens is 1. The summed E-state index contributed by atoms with van der Waals surface area (Å²) in [7, 11) is 0. The molecule has 3 rings (SSSR count). The lowest BCUT2D eigenvalue weighted by atomic mass is 10.2. The molecule has 0 amide bonds. The zero-order valence-corrected chi connectivity index (χ0v) is 12.8. The summed E-state index contributed by atoms with van der Waals surface area (Å²) in [6.07, 6.45) is 0. The van der Waals surface area contributed by atoms with Crippen LogP contribution in [0.4, 0.5) is 11.4 Å². The van der Waals surface area contributed by atoms with E-state index >= 15 is 0 Å². The number of nitrogen functional groups attached to an aromatic ring is 1. The standard InChI is InChI=1S/C17H20ClN3/c18-17-4-2-1-3-14(17)13-20-9-11-21(12-10-20)16-7-5-15(19)6-8-16/h1-8H,9-13,19H2. The molecule has 0 spiro atoms. The van der Waals surface area contributed by atoms with Gasteiger partial charge in [-0.2, -0.15) is 0 Å². The van der Waals surface area contributed by atoms with E-state index in [4.69, 9.17) is 17.3 Å². The lowest BCUT2D eigenvalue weighted by Gasteiger charge is -2.36. The highest BCUT2D eigenvalue weighted by atomic mass is 35.5. The monoisotopic (exact) mass is 301 g/mol. The molecule has 0 atom stereocenters. The van der Waals surface area contributed by atoms with E-state index in [2.05, 4.69) is 28.0 Å². The fourth-order valence-electron chi connectivity index (χ4n) is 2.72. The quantitative estimate of drug-likeness (QED) is 0.883. The Balaban J connectivity index is 1.58. The molecule has 0 radical (unpaired) electrons. The molecule has 3 nitrogen and oxygen atoms in total. The van der Waals surface area contributed by atoms with Crippen LogP contribution in [0.5, 0.6) is 0 Å². The van der Waals surface area contributed by atoms with E-state index in [1.165, 1.54) is 11.3 Å². The van der Waals surface area contributed by atoms with Crippen LogP contribution in [0.25, 0.3) is 0 Å². The number of benzene rings is 2. The molecule has 1 fully saturated rings. The fraction of sp³-hybridized carbons (Fsp3) is 0.294. The van der Waals surface area contributed by atoms with Crippen molar-refractivity contribution in [2.75, 3.05) is 36.8 Å². The average Bonchev–Trinajstić information content (AvgIpc) is 2.51. The molecule has 0 bridgehead atoms. The summed E-state index contributed by atoms with van der Waals surface area (Å²) in [6, 6.07) is 16.2. The topological polar surface area (TPSA) is 32.5 Å². The van der Waals surface area contributed by atoms with Crippen LogP contribution >= 0.6 is 11.6 Å². The van der Waals surface area contributed by atoms with Crippen LogP contribution in [-0.4, -0.2) is 31.1 Å². The Morgan fingerprint density at radius 2 is 1.57 bits per heavy atom. The van der Waals surface area contributed by atoms with Gasteiger partial charge in [0, 0.05) is 49.1 Å². The van der Waals surface area contributed by atoms with E-state index < -0.39 is 0 Å². The number of hydrogen-bond donors (Lipinski definition) is 1. The van der Waals surface area contributed by atoms with E-state index in [1.807, 2.05) is 30.3 Å². The largest absolute Gasteiger partial charge is 0.399 e. The van der Waals surface area contributed by atoms with Crippen molar-refractivity contribution in [3.8, 4) is 0 Å². The predicted octanol–water partition coefficient (Wildman–Crippen LogP) is 3.24. The summed E-state index contributed by atoms with van der Waals surface area (Å²) in [5, 5.41) is 0.860. The summed E-state index contributed by atoms with van der Waals surface area (Å²) in [4.78, 5) is 4.86. The number of nitrogens with two attached hydrogens (primary N) is 1. The molecule has 1 aliphatic rings. The zero-order chi connectivity index (χ0) is 14.7. The number of anilines is 2. The molecule has 1 saturated heterocycles. The molecule has 21 heavy (non-hydrogen) atoms. The highest BCUT2D eigenvalue weighted by molar-refractivity contribution is 6.31. The third-order valence-corrected chi connectivity index (χ3v) is 4.35. The van der Waals surface area contributed by atoms with Crippen LogP contribution in [0.1, 0.15) is 5.56 Å². The van der Waals surface area contributed by atoms with E-state index in [0.29, 0.717) is 0 Å². The first kappa shape index (κ1) is 14.2. The van der Waals surface area contributed by atoms with Crippen molar-refractivity contribution in [2.24, 2.45) is 0 Å². The lowest BCUT2D eigenvalue weighted by Crippen LogP contribution is -2.46. The maximum atomic E-state index is 6.23. The first-order valence-electron chi connectivity index (χ1n) is 7.28. The fourth-order valence-corrected chi connectivity index (χ4v) is 2.91. The Kier molecular flexibility index (Phi) is 4.32. The number of hydrogen-bond acceptors (Lipinski definition) is 3. The van der Waals surface area contributed by atoms with Gasteiger partial charge in [-0.1, -0.05) is 29.8 Å². The predicted molar refractivity (Wildman–Crippen MR) is 89.8 cm³/mol. The Bertz CT molecular complexity index is 589. The third-order valence-electron chi connectivity index (χ3n) is 3.98. The molecule has 1 aliphatic heterocycles. The summed E-state index contributed by atoms with van der Waals surface area (Å²) in [5.74, 6) is 0. The summed E-state index contributed by atoms with van der Waals surface area (Å²) >= 11 is 6.23. The molecule has 4 heteroatoms. The van der Waals surface area contributed by atoms with Gasteiger partial charge in [0.15, 0.2) is 0 Å². The minimum absolute atomic E-state index is 0.816. The van der Waals surface area contributed by atoms with Crippen LogP contribution in [0.3, 0.4) is 0 Å². The second-order valence-corrected chi connectivity index (χ2v) is 5.85. The molecular formula is C17H20ClN3. The van der Waals surface area contributed by atoms with Crippen molar-refractivity contribution in [1.82, 2.24) is 4.90 Å². The SMILES string of the molecule is Nc1ccc(N2CCN(Cc3ccccc3Cl)CC2)cc1. The van der Waals surface area contributed by atoms with Crippen LogP contribution in [0.15, 0.2) is 48.5 Å². The number of rotatable bonds is 3. The van der Waals surface area contributed by atoms with Crippen molar-refractivity contribution in [3.05, 3.63) is 59.1 Å². The van der Waals surface area contributed by atoms with Gasteiger partial charge in [-0.05, 0) is 35.9 Å². The Labute approximate surface area is 130 Å². The molecule has 0 aromatic heterocycles. The van der Waals surface area contributed by atoms with Gasteiger partial charge in [-0.3, -0.25) is 4.90 Å². The number of piperazine rings is 1. The van der Waals surface area contributed by atoms with Gasteiger partial charge in [0.05, 0.1) is 0 Å². The minimum atomic E-state index is 0.816.